The van der Waals surface area contributed by atoms with E-state index in [0.717, 1.165) is 22.4 Å². The van der Waals surface area contributed by atoms with E-state index in [0.29, 0.717) is 38.6 Å². The Balaban J connectivity index is 1.40. The summed E-state index contributed by atoms with van der Waals surface area (Å²) in [7, 11) is 0. The average Bonchev–Trinajstić information content (AvgIpc) is 3.67. The lowest BCUT2D eigenvalue weighted by atomic mass is 9.93. The molecule has 1 N–H and O–H groups in total. The Morgan fingerprint density at radius 3 is 2.62 bits per heavy atom. The van der Waals surface area contributed by atoms with Crippen molar-refractivity contribution in [1.29, 1.82) is 0 Å². The van der Waals surface area contributed by atoms with Crippen molar-refractivity contribution in [3.8, 4) is 5.75 Å². The highest BCUT2D eigenvalue weighted by atomic mass is 35.5. The lowest BCUT2D eigenvalue weighted by Gasteiger charge is -2.23. The zero-order chi connectivity index (χ0) is 29.5. The molecule has 214 valence electrons. The molecule has 0 saturated carbocycles. The van der Waals surface area contributed by atoms with Gasteiger partial charge in [0.15, 0.2) is 4.34 Å². The number of aliphatic hydroxyl groups excluding tert-OH is 1. The topological polar surface area (TPSA) is 92.6 Å². The molecule has 3 aromatic carbocycles. The minimum absolute atomic E-state index is 0.0182. The number of hydrogen-bond donors (Lipinski definition) is 1. The number of rotatable bonds is 7. The third kappa shape index (κ3) is 5.32. The minimum atomic E-state index is -0.871. The Labute approximate surface area is 257 Å². The molecule has 1 amide bonds. The van der Waals surface area contributed by atoms with Crippen LogP contribution in [0.3, 0.4) is 0 Å². The monoisotopic (exact) mass is 617 g/mol. The van der Waals surface area contributed by atoms with Gasteiger partial charge in [-0.05, 0) is 59.4 Å². The fraction of sp³-hybridized carbons (Fsp3) is 0.250. The second-order valence-corrected chi connectivity index (χ2v) is 13.3. The molecule has 4 aromatic rings. The third-order valence-electron chi connectivity index (χ3n) is 7.44. The van der Waals surface area contributed by atoms with Gasteiger partial charge < -0.3 is 9.84 Å². The number of hydrogen-bond acceptors (Lipinski definition) is 8. The number of carbonyl (C=O) groups is 2. The first-order valence-electron chi connectivity index (χ1n) is 13.6. The molecule has 0 unspecified atom stereocenters. The standard InChI is InChI=1S/C32H28ClN3O4S2/c1-17(2)19-8-10-20(11-9-19)27-26(28(37)21-12-13-25-23(15-21)14-18(3)40-25)29(38)30(39)36(27)31-34-35-32(42-31)41-16-22-6-4-5-7-24(22)33/h4-13,15,17-18,27,37H,14,16H2,1-3H3/t18-,27-/m1/s1. The molecule has 0 bridgehead atoms. The van der Waals surface area contributed by atoms with Crippen molar-refractivity contribution in [2.24, 2.45) is 0 Å². The van der Waals surface area contributed by atoms with E-state index in [4.69, 9.17) is 16.3 Å². The number of aromatic nitrogens is 2. The Bertz CT molecular complexity index is 1720. The maximum Gasteiger partial charge on any atom is 0.301 e. The van der Waals surface area contributed by atoms with Crippen LogP contribution in [0, 0.1) is 0 Å². The SMILES string of the molecule is CC(C)c1ccc([C@@H]2C(=C(O)c3ccc4c(c3)C[C@@H](C)O4)C(=O)C(=O)N2c2nnc(SCc3ccccc3Cl)s2)cc1. The molecule has 7 nitrogen and oxygen atoms in total. The average molecular weight is 618 g/mol. The fourth-order valence-corrected chi connectivity index (χ4v) is 7.40. The molecule has 0 spiro atoms. The first-order valence-corrected chi connectivity index (χ1v) is 15.8. The molecule has 10 heteroatoms. The predicted octanol–water partition coefficient (Wildman–Crippen LogP) is 7.56. The van der Waals surface area contributed by atoms with Gasteiger partial charge in [0.1, 0.15) is 17.6 Å². The number of anilines is 1. The van der Waals surface area contributed by atoms with Gasteiger partial charge in [0.2, 0.25) is 5.13 Å². The van der Waals surface area contributed by atoms with Crippen LogP contribution < -0.4 is 9.64 Å². The number of amides is 1. The summed E-state index contributed by atoms with van der Waals surface area (Å²) in [6.45, 7) is 6.18. The van der Waals surface area contributed by atoms with Crippen molar-refractivity contribution in [2.45, 2.75) is 55.3 Å². The summed E-state index contributed by atoms with van der Waals surface area (Å²) in [4.78, 5) is 28.6. The van der Waals surface area contributed by atoms with Crippen LogP contribution in [0.15, 0.2) is 76.6 Å². The van der Waals surface area contributed by atoms with E-state index in [1.54, 1.807) is 12.1 Å². The summed E-state index contributed by atoms with van der Waals surface area (Å²) in [5.74, 6) is -0.108. The summed E-state index contributed by atoms with van der Waals surface area (Å²) in [5.41, 5.74) is 4.20. The first kappa shape index (κ1) is 28.5. The van der Waals surface area contributed by atoms with E-state index in [2.05, 4.69) is 24.0 Å². The Hall–Kier alpha value is -3.66. The number of nitrogens with zero attached hydrogens (tertiary/aromatic N) is 3. The van der Waals surface area contributed by atoms with Crippen LogP contribution in [-0.4, -0.2) is 33.1 Å². The zero-order valence-electron chi connectivity index (χ0n) is 23.2. The molecule has 1 aromatic heterocycles. The number of ether oxygens (including phenoxy) is 1. The lowest BCUT2D eigenvalue weighted by molar-refractivity contribution is -0.132. The Kier molecular flexibility index (Phi) is 7.83. The molecule has 42 heavy (non-hydrogen) atoms. The molecule has 3 heterocycles. The molecular formula is C32H28ClN3O4S2. The molecule has 1 fully saturated rings. The number of carbonyl (C=O) groups excluding carboxylic acids is 2. The van der Waals surface area contributed by atoms with Crippen molar-refractivity contribution in [3.63, 3.8) is 0 Å². The van der Waals surface area contributed by atoms with Gasteiger partial charge in [-0.15, -0.1) is 10.2 Å². The van der Waals surface area contributed by atoms with Crippen LogP contribution in [0.25, 0.3) is 5.76 Å². The normalized spacial score (nSPS) is 19.4. The van der Waals surface area contributed by atoms with E-state index in [1.165, 1.54) is 28.0 Å². The molecule has 2 aliphatic rings. The number of Topliss-reactive ketones (excluding diaryl/α,β-unsaturated/α-hetero) is 1. The van der Waals surface area contributed by atoms with Crippen molar-refractivity contribution in [3.05, 3.63) is 105 Å². The van der Waals surface area contributed by atoms with E-state index >= 15 is 0 Å². The van der Waals surface area contributed by atoms with Crippen molar-refractivity contribution < 1.29 is 19.4 Å². The van der Waals surface area contributed by atoms with Crippen molar-refractivity contribution in [1.82, 2.24) is 10.2 Å². The minimum Gasteiger partial charge on any atom is -0.507 e. The fourth-order valence-electron chi connectivity index (χ4n) is 5.25. The second kappa shape index (κ2) is 11.6. The maximum atomic E-state index is 13.6. The number of fused-ring (bicyclic) bond motifs is 1. The highest BCUT2D eigenvalue weighted by Crippen LogP contribution is 2.45. The van der Waals surface area contributed by atoms with Gasteiger partial charge in [-0.1, -0.05) is 91.0 Å². The molecular weight excluding hydrogens is 590 g/mol. The van der Waals surface area contributed by atoms with E-state index in [9.17, 15) is 14.7 Å². The highest BCUT2D eigenvalue weighted by Gasteiger charge is 2.48. The number of halogens is 1. The van der Waals surface area contributed by atoms with Crippen LogP contribution in [-0.2, 0) is 21.8 Å². The van der Waals surface area contributed by atoms with Gasteiger partial charge in [-0.3, -0.25) is 14.5 Å². The number of benzene rings is 3. The van der Waals surface area contributed by atoms with Gasteiger partial charge >= 0.3 is 5.91 Å². The van der Waals surface area contributed by atoms with Crippen LogP contribution in [0.4, 0.5) is 5.13 Å². The Morgan fingerprint density at radius 2 is 1.88 bits per heavy atom. The number of thioether (sulfide) groups is 1. The van der Waals surface area contributed by atoms with Crippen LogP contribution in [0.5, 0.6) is 5.75 Å². The summed E-state index contributed by atoms with van der Waals surface area (Å²) in [6.07, 6.45) is 0.731. The van der Waals surface area contributed by atoms with Crippen molar-refractivity contribution >= 4 is 57.3 Å². The van der Waals surface area contributed by atoms with Gasteiger partial charge in [0.25, 0.3) is 5.78 Å². The summed E-state index contributed by atoms with van der Waals surface area (Å²) in [6, 6.07) is 19.8. The smallest absolute Gasteiger partial charge is 0.301 e. The number of ketones is 1. The van der Waals surface area contributed by atoms with E-state index < -0.39 is 17.7 Å². The van der Waals surface area contributed by atoms with Crippen LogP contribution >= 0.6 is 34.7 Å². The maximum absolute atomic E-state index is 13.6. The van der Waals surface area contributed by atoms with Gasteiger partial charge in [-0.2, -0.15) is 0 Å². The quantitative estimate of drug-likeness (QED) is 0.0752. The van der Waals surface area contributed by atoms with E-state index in [-0.39, 0.29) is 22.6 Å². The Morgan fingerprint density at radius 1 is 1.12 bits per heavy atom. The predicted molar refractivity (Wildman–Crippen MR) is 166 cm³/mol. The highest BCUT2D eigenvalue weighted by molar-refractivity contribution is 8.00. The zero-order valence-corrected chi connectivity index (χ0v) is 25.6. The van der Waals surface area contributed by atoms with Crippen LogP contribution in [0.2, 0.25) is 5.02 Å². The molecule has 6 rings (SSSR count). The van der Waals surface area contributed by atoms with Gasteiger partial charge in [0, 0.05) is 22.8 Å². The lowest BCUT2D eigenvalue weighted by Crippen LogP contribution is -2.29. The van der Waals surface area contributed by atoms with Gasteiger partial charge in [0.05, 0.1) is 11.6 Å². The first-order chi connectivity index (χ1) is 20.2. The van der Waals surface area contributed by atoms with Crippen molar-refractivity contribution in [2.75, 3.05) is 4.90 Å². The van der Waals surface area contributed by atoms with E-state index in [1.807, 2.05) is 61.5 Å². The summed E-state index contributed by atoms with van der Waals surface area (Å²) in [5, 5.41) is 21.1. The summed E-state index contributed by atoms with van der Waals surface area (Å²) >= 11 is 8.99. The molecule has 0 radical (unpaired) electrons. The molecule has 2 aliphatic heterocycles. The summed E-state index contributed by atoms with van der Waals surface area (Å²) < 4.78 is 6.44. The molecule has 1 saturated heterocycles. The second-order valence-electron chi connectivity index (χ2n) is 10.7. The van der Waals surface area contributed by atoms with Gasteiger partial charge in [-0.25, -0.2) is 0 Å². The molecule has 0 aliphatic carbocycles. The number of aliphatic hydroxyl groups is 1. The molecule has 2 atom stereocenters. The largest absolute Gasteiger partial charge is 0.507 e. The third-order valence-corrected chi connectivity index (χ3v) is 9.92. The van der Waals surface area contributed by atoms with Crippen LogP contribution in [0.1, 0.15) is 60.5 Å².